The van der Waals surface area contributed by atoms with E-state index in [1.54, 1.807) is 24.3 Å². The van der Waals surface area contributed by atoms with Crippen LogP contribution in [0.2, 0.25) is 0 Å². The Hall–Kier alpha value is -3.34. The second-order valence-corrected chi connectivity index (χ2v) is 6.65. The van der Waals surface area contributed by atoms with Crippen LogP contribution in [0.15, 0.2) is 66.7 Å². The number of aryl methyl sites for hydroxylation is 1. The van der Waals surface area contributed by atoms with Crippen molar-refractivity contribution in [1.29, 1.82) is 0 Å². The van der Waals surface area contributed by atoms with Crippen molar-refractivity contribution in [3.63, 3.8) is 0 Å². The summed E-state index contributed by atoms with van der Waals surface area (Å²) in [5, 5.41) is 5.71. The van der Waals surface area contributed by atoms with Crippen LogP contribution < -0.4 is 10.6 Å². The van der Waals surface area contributed by atoms with Crippen LogP contribution in [-0.4, -0.2) is 23.3 Å². The van der Waals surface area contributed by atoms with Crippen molar-refractivity contribution in [3.05, 3.63) is 78.0 Å². The molecule has 0 bridgehead atoms. The monoisotopic (exact) mass is 375 g/mol. The summed E-state index contributed by atoms with van der Waals surface area (Å²) in [6.07, 6.45) is 1.86. The minimum Gasteiger partial charge on any atom is -0.358 e. The van der Waals surface area contributed by atoms with Gasteiger partial charge in [-0.15, -0.1) is 0 Å². The molecule has 0 fully saturated rings. The minimum atomic E-state index is -0.127. The molecule has 0 saturated carbocycles. The van der Waals surface area contributed by atoms with Crippen LogP contribution in [0.5, 0.6) is 0 Å². The van der Waals surface area contributed by atoms with Gasteiger partial charge < -0.3 is 15.6 Å². The second kappa shape index (κ2) is 9.55. The minimum absolute atomic E-state index is 0.0815. The van der Waals surface area contributed by atoms with Gasteiger partial charge in [0.15, 0.2) is 0 Å². The molecule has 1 aromatic heterocycles. The molecule has 28 heavy (non-hydrogen) atoms. The number of aromatic nitrogens is 1. The zero-order chi connectivity index (χ0) is 19.8. The number of benzene rings is 2. The van der Waals surface area contributed by atoms with Gasteiger partial charge in [-0.25, -0.2) is 0 Å². The van der Waals surface area contributed by atoms with Crippen molar-refractivity contribution >= 4 is 17.5 Å². The zero-order valence-electron chi connectivity index (χ0n) is 16.0. The lowest BCUT2D eigenvalue weighted by Gasteiger charge is -2.08. The van der Waals surface area contributed by atoms with Crippen LogP contribution in [0.25, 0.3) is 11.3 Å². The maximum absolute atomic E-state index is 12.3. The van der Waals surface area contributed by atoms with Crippen molar-refractivity contribution in [2.45, 2.75) is 26.2 Å². The van der Waals surface area contributed by atoms with Gasteiger partial charge in [-0.1, -0.05) is 43.3 Å². The highest BCUT2D eigenvalue weighted by atomic mass is 16.2. The number of hydrogen-bond acceptors (Lipinski definition) is 2. The molecule has 0 radical (unpaired) electrons. The lowest BCUT2D eigenvalue weighted by molar-refractivity contribution is -0.116. The van der Waals surface area contributed by atoms with Crippen LogP contribution in [-0.2, 0) is 11.2 Å². The first-order chi connectivity index (χ1) is 13.7. The molecule has 144 valence electrons. The van der Waals surface area contributed by atoms with Gasteiger partial charge in [0.25, 0.3) is 5.91 Å². The molecule has 0 atom stereocenters. The Morgan fingerprint density at radius 2 is 1.79 bits per heavy atom. The molecule has 2 aromatic carbocycles. The molecule has 1 heterocycles. The Bertz CT molecular complexity index is 932. The van der Waals surface area contributed by atoms with Crippen molar-refractivity contribution in [2.75, 3.05) is 11.9 Å². The third-order valence-corrected chi connectivity index (χ3v) is 4.40. The molecule has 5 nitrogen and oxygen atoms in total. The van der Waals surface area contributed by atoms with Gasteiger partial charge in [0.05, 0.1) is 0 Å². The molecule has 0 aliphatic carbocycles. The predicted molar refractivity (Wildman–Crippen MR) is 112 cm³/mol. The first-order valence-electron chi connectivity index (χ1n) is 9.57. The number of nitrogens with one attached hydrogen (secondary N) is 3. The topological polar surface area (TPSA) is 74.0 Å². The van der Waals surface area contributed by atoms with Crippen LogP contribution in [0, 0.1) is 0 Å². The number of carbonyl (C=O) groups excluding carboxylic acids is 2. The van der Waals surface area contributed by atoms with Crippen molar-refractivity contribution < 1.29 is 9.59 Å². The second-order valence-electron chi connectivity index (χ2n) is 6.65. The fourth-order valence-electron chi connectivity index (χ4n) is 2.92. The molecular formula is C23H25N3O2. The van der Waals surface area contributed by atoms with Crippen LogP contribution in [0.3, 0.4) is 0 Å². The Morgan fingerprint density at radius 3 is 2.57 bits per heavy atom. The Balaban J connectivity index is 1.54. The van der Waals surface area contributed by atoms with Crippen LogP contribution in [0.1, 0.15) is 35.8 Å². The molecular weight excluding hydrogens is 350 g/mol. The third kappa shape index (κ3) is 5.33. The normalized spacial score (nSPS) is 10.5. The van der Waals surface area contributed by atoms with Gasteiger partial charge in [0.2, 0.25) is 5.91 Å². The number of amides is 2. The molecule has 2 amide bonds. The number of rotatable bonds is 8. The van der Waals surface area contributed by atoms with E-state index >= 15 is 0 Å². The summed E-state index contributed by atoms with van der Waals surface area (Å²) in [6.45, 7) is 2.64. The molecule has 0 unspecified atom stereocenters. The molecule has 3 N–H and O–H groups in total. The summed E-state index contributed by atoms with van der Waals surface area (Å²) in [5.41, 5.74) is 4.36. The number of anilines is 1. The van der Waals surface area contributed by atoms with E-state index in [-0.39, 0.29) is 11.8 Å². The molecule has 0 aliphatic heterocycles. The van der Waals surface area contributed by atoms with E-state index in [0.717, 1.165) is 23.4 Å². The summed E-state index contributed by atoms with van der Waals surface area (Å²) in [4.78, 5) is 27.7. The fraction of sp³-hybridized carbons (Fsp3) is 0.217. The highest BCUT2D eigenvalue weighted by molar-refractivity contribution is 5.97. The van der Waals surface area contributed by atoms with Gasteiger partial charge >= 0.3 is 0 Å². The van der Waals surface area contributed by atoms with Gasteiger partial charge in [-0.05, 0) is 48.7 Å². The summed E-state index contributed by atoms with van der Waals surface area (Å²) in [6, 6.07) is 21.1. The number of hydrogen-bond donors (Lipinski definition) is 3. The van der Waals surface area contributed by atoms with Gasteiger partial charge in [0.1, 0.15) is 0 Å². The fourth-order valence-corrected chi connectivity index (χ4v) is 2.92. The highest BCUT2D eigenvalue weighted by Gasteiger charge is 2.09. The van der Waals surface area contributed by atoms with Crippen molar-refractivity contribution in [1.82, 2.24) is 10.3 Å². The highest BCUT2D eigenvalue weighted by Crippen LogP contribution is 2.19. The summed E-state index contributed by atoms with van der Waals surface area (Å²) >= 11 is 0. The quantitative estimate of drug-likeness (QED) is 0.546. The van der Waals surface area contributed by atoms with E-state index in [9.17, 15) is 9.59 Å². The summed E-state index contributed by atoms with van der Waals surface area (Å²) in [7, 11) is 0. The zero-order valence-corrected chi connectivity index (χ0v) is 16.0. The van der Waals surface area contributed by atoms with Gasteiger partial charge in [-0.3, -0.25) is 9.59 Å². The average Bonchev–Trinajstić information content (AvgIpc) is 3.20. The Labute approximate surface area is 165 Å². The Morgan fingerprint density at radius 1 is 0.964 bits per heavy atom. The summed E-state index contributed by atoms with van der Waals surface area (Å²) < 4.78 is 0. The maximum atomic E-state index is 12.3. The standard InChI is InChI=1S/C23H25N3O2/c1-2-15-24-23(28)18-9-6-10-20(16-18)26-22(27)14-12-19-11-13-21(25-19)17-7-4-3-5-8-17/h3-11,13,16,25H,2,12,14-15H2,1H3,(H,24,28)(H,26,27). The molecule has 3 rings (SSSR count). The van der Waals surface area contributed by atoms with Crippen molar-refractivity contribution in [3.8, 4) is 11.3 Å². The number of H-pyrrole nitrogens is 1. The van der Waals surface area contributed by atoms with E-state index in [1.807, 2.05) is 49.4 Å². The molecule has 5 heteroatoms. The summed E-state index contributed by atoms with van der Waals surface area (Å²) in [5.74, 6) is -0.209. The lowest BCUT2D eigenvalue weighted by atomic mass is 10.1. The van der Waals surface area contributed by atoms with Crippen LogP contribution in [0.4, 0.5) is 5.69 Å². The van der Waals surface area contributed by atoms with E-state index in [4.69, 9.17) is 0 Å². The lowest BCUT2D eigenvalue weighted by Crippen LogP contribution is -2.24. The largest absolute Gasteiger partial charge is 0.358 e. The molecule has 0 saturated heterocycles. The van der Waals surface area contributed by atoms with E-state index in [2.05, 4.69) is 15.6 Å². The molecule has 0 aliphatic rings. The average molecular weight is 375 g/mol. The first-order valence-corrected chi connectivity index (χ1v) is 9.57. The smallest absolute Gasteiger partial charge is 0.251 e. The number of carbonyl (C=O) groups is 2. The predicted octanol–water partition coefficient (Wildman–Crippen LogP) is 4.39. The molecule has 0 spiro atoms. The van der Waals surface area contributed by atoms with Crippen molar-refractivity contribution in [2.24, 2.45) is 0 Å². The van der Waals surface area contributed by atoms with E-state index in [0.29, 0.717) is 30.6 Å². The third-order valence-electron chi connectivity index (χ3n) is 4.40. The van der Waals surface area contributed by atoms with Crippen LogP contribution >= 0.6 is 0 Å². The van der Waals surface area contributed by atoms with Gasteiger partial charge in [0, 0.05) is 35.6 Å². The Kier molecular flexibility index (Phi) is 6.63. The first kappa shape index (κ1) is 19.4. The number of aromatic amines is 1. The van der Waals surface area contributed by atoms with E-state index in [1.165, 1.54) is 0 Å². The van der Waals surface area contributed by atoms with E-state index < -0.39 is 0 Å². The SMILES string of the molecule is CCCNC(=O)c1cccc(NC(=O)CCc2ccc(-c3ccccc3)[nH]2)c1. The maximum Gasteiger partial charge on any atom is 0.251 e. The molecule has 3 aromatic rings. The van der Waals surface area contributed by atoms with Gasteiger partial charge in [-0.2, -0.15) is 0 Å².